The van der Waals surface area contributed by atoms with Crippen molar-refractivity contribution in [1.82, 2.24) is 0 Å². The summed E-state index contributed by atoms with van der Waals surface area (Å²) >= 11 is 0. The number of hydrogen-bond acceptors (Lipinski definition) is 4. The molecule has 3 aromatic carbocycles. The second kappa shape index (κ2) is 9.16. The summed E-state index contributed by atoms with van der Waals surface area (Å²) in [6.07, 6.45) is -0.186. The van der Waals surface area contributed by atoms with Gasteiger partial charge in [-0.1, -0.05) is 18.2 Å². The first kappa shape index (κ1) is 22.1. The van der Waals surface area contributed by atoms with Crippen LogP contribution in [0.1, 0.15) is 27.9 Å². The third-order valence-corrected chi connectivity index (χ3v) is 5.76. The molecule has 0 bridgehead atoms. The number of carbonyl (C=O) groups is 3. The summed E-state index contributed by atoms with van der Waals surface area (Å²) in [6, 6.07) is 18.3. The first-order valence-corrected chi connectivity index (χ1v) is 10.6. The predicted molar refractivity (Wildman–Crippen MR) is 128 cm³/mol. The number of benzene rings is 3. The zero-order chi connectivity index (χ0) is 23.5. The fourth-order valence-corrected chi connectivity index (χ4v) is 3.81. The van der Waals surface area contributed by atoms with E-state index in [4.69, 9.17) is 4.74 Å². The van der Waals surface area contributed by atoms with E-state index < -0.39 is 11.9 Å². The van der Waals surface area contributed by atoms with Crippen LogP contribution in [-0.2, 0) is 9.59 Å². The lowest BCUT2D eigenvalue weighted by Gasteiger charge is -2.36. The molecule has 33 heavy (non-hydrogen) atoms. The van der Waals surface area contributed by atoms with Crippen LogP contribution < -0.4 is 20.3 Å². The Bertz CT molecular complexity index is 1220. The number of aryl methyl sites for hydroxylation is 2. The van der Waals surface area contributed by atoms with Crippen LogP contribution >= 0.6 is 0 Å². The van der Waals surface area contributed by atoms with Crippen LogP contribution in [0.2, 0.25) is 0 Å². The molecule has 168 valence electrons. The second-order valence-electron chi connectivity index (χ2n) is 7.98. The number of hydrogen-bond donors (Lipinski definition) is 2. The average Bonchev–Trinajstić information content (AvgIpc) is 2.81. The van der Waals surface area contributed by atoms with Gasteiger partial charge in [0.05, 0.1) is 24.9 Å². The van der Waals surface area contributed by atoms with E-state index in [1.807, 2.05) is 32.0 Å². The van der Waals surface area contributed by atoms with Crippen molar-refractivity contribution >= 4 is 34.8 Å². The summed E-state index contributed by atoms with van der Waals surface area (Å²) in [5.74, 6) is -0.521. The molecule has 0 radical (unpaired) electrons. The monoisotopic (exact) mass is 443 g/mol. The lowest BCUT2D eigenvalue weighted by atomic mass is 10.0. The average molecular weight is 444 g/mol. The topological polar surface area (TPSA) is 87.7 Å². The largest absolute Gasteiger partial charge is 0.497 e. The fourth-order valence-electron chi connectivity index (χ4n) is 3.81. The van der Waals surface area contributed by atoms with Gasteiger partial charge in [-0.15, -0.1) is 0 Å². The Hall–Kier alpha value is -4.13. The highest BCUT2D eigenvalue weighted by atomic mass is 16.5. The molecule has 7 nitrogen and oxygen atoms in total. The van der Waals surface area contributed by atoms with Crippen molar-refractivity contribution in [2.75, 3.05) is 22.6 Å². The number of amides is 3. The van der Waals surface area contributed by atoms with Gasteiger partial charge in [0.2, 0.25) is 11.8 Å². The van der Waals surface area contributed by atoms with Gasteiger partial charge in [0.25, 0.3) is 5.91 Å². The summed E-state index contributed by atoms with van der Waals surface area (Å²) in [7, 11) is 1.55. The molecule has 1 atom stereocenters. The second-order valence-corrected chi connectivity index (χ2v) is 7.98. The van der Waals surface area contributed by atoms with Crippen LogP contribution in [0.3, 0.4) is 0 Å². The van der Waals surface area contributed by atoms with Gasteiger partial charge < -0.3 is 15.4 Å². The maximum Gasteiger partial charge on any atom is 0.259 e. The number of fused-ring (bicyclic) bond motifs is 1. The minimum Gasteiger partial charge on any atom is -0.497 e. The smallest absolute Gasteiger partial charge is 0.259 e. The fraction of sp³-hybridized carbons (Fsp3) is 0.192. The molecule has 4 rings (SSSR count). The standard InChI is InChI=1S/C26H25N3O4/c1-16-8-11-19(14-17(16)2)27-24(30)15-23-25(31)28-21-6-4-5-7-22(21)29(23)26(32)18-9-12-20(33-3)13-10-18/h4-14,23H,15H2,1-3H3,(H,27,30)(H,28,31)/t23-/m1/s1. The minimum absolute atomic E-state index is 0.186. The number of nitrogens with one attached hydrogen (secondary N) is 2. The molecular formula is C26H25N3O4. The Morgan fingerprint density at radius 2 is 1.73 bits per heavy atom. The molecule has 1 aliphatic heterocycles. The van der Waals surface area contributed by atoms with E-state index in [0.29, 0.717) is 28.4 Å². The maximum atomic E-state index is 13.5. The Morgan fingerprint density at radius 3 is 2.42 bits per heavy atom. The van der Waals surface area contributed by atoms with E-state index in [0.717, 1.165) is 11.1 Å². The van der Waals surface area contributed by atoms with Crippen molar-refractivity contribution in [3.05, 3.63) is 83.4 Å². The van der Waals surface area contributed by atoms with Gasteiger partial charge in [0.1, 0.15) is 11.8 Å². The molecule has 7 heteroatoms. The molecule has 3 amide bonds. The van der Waals surface area contributed by atoms with E-state index in [2.05, 4.69) is 10.6 Å². The first-order valence-electron chi connectivity index (χ1n) is 10.6. The van der Waals surface area contributed by atoms with Crippen molar-refractivity contribution in [1.29, 1.82) is 0 Å². The number of anilines is 3. The molecule has 0 unspecified atom stereocenters. The molecule has 0 spiro atoms. The number of rotatable bonds is 5. The number of para-hydroxylation sites is 2. The van der Waals surface area contributed by atoms with Crippen molar-refractivity contribution < 1.29 is 19.1 Å². The Labute approximate surface area is 192 Å². The molecule has 0 aromatic heterocycles. The third-order valence-electron chi connectivity index (χ3n) is 5.76. The van der Waals surface area contributed by atoms with Crippen molar-refractivity contribution in [2.45, 2.75) is 26.3 Å². The quantitative estimate of drug-likeness (QED) is 0.615. The lowest BCUT2D eigenvalue weighted by Crippen LogP contribution is -2.52. The molecule has 1 heterocycles. The highest BCUT2D eigenvalue weighted by Crippen LogP contribution is 2.34. The van der Waals surface area contributed by atoms with Gasteiger partial charge in [-0.3, -0.25) is 19.3 Å². The van der Waals surface area contributed by atoms with Crippen LogP contribution in [0, 0.1) is 13.8 Å². The summed E-state index contributed by atoms with van der Waals surface area (Å²) in [6.45, 7) is 3.96. The van der Waals surface area contributed by atoms with E-state index in [1.165, 1.54) is 4.90 Å². The number of nitrogens with zero attached hydrogens (tertiary/aromatic N) is 1. The zero-order valence-corrected chi connectivity index (χ0v) is 18.7. The molecule has 0 aliphatic carbocycles. The van der Waals surface area contributed by atoms with E-state index in [-0.39, 0.29) is 18.2 Å². The van der Waals surface area contributed by atoms with E-state index >= 15 is 0 Å². The molecule has 0 fully saturated rings. The van der Waals surface area contributed by atoms with Crippen molar-refractivity contribution in [3.8, 4) is 5.75 Å². The van der Waals surface area contributed by atoms with Crippen LogP contribution in [0.5, 0.6) is 5.75 Å². The molecule has 0 saturated carbocycles. The van der Waals surface area contributed by atoms with Gasteiger partial charge in [-0.2, -0.15) is 0 Å². The Kier molecular flexibility index (Phi) is 6.13. The van der Waals surface area contributed by atoms with Crippen molar-refractivity contribution in [3.63, 3.8) is 0 Å². The molecule has 3 aromatic rings. The zero-order valence-electron chi connectivity index (χ0n) is 18.7. The summed E-state index contributed by atoms with van der Waals surface area (Å²) < 4.78 is 5.17. The Balaban J connectivity index is 1.64. The van der Waals surface area contributed by atoms with Gasteiger partial charge in [0, 0.05) is 11.3 Å². The van der Waals surface area contributed by atoms with Crippen LogP contribution in [-0.4, -0.2) is 30.9 Å². The van der Waals surface area contributed by atoms with Gasteiger partial charge in [-0.05, 0) is 73.5 Å². The molecular weight excluding hydrogens is 418 g/mol. The number of carbonyl (C=O) groups excluding carboxylic acids is 3. The van der Waals surface area contributed by atoms with Gasteiger partial charge in [-0.25, -0.2) is 0 Å². The minimum atomic E-state index is -0.999. The summed E-state index contributed by atoms with van der Waals surface area (Å²) in [5, 5.41) is 5.66. The van der Waals surface area contributed by atoms with Gasteiger partial charge in [0.15, 0.2) is 0 Å². The first-order chi connectivity index (χ1) is 15.9. The van der Waals surface area contributed by atoms with E-state index in [9.17, 15) is 14.4 Å². The third kappa shape index (κ3) is 4.57. The summed E-state index contributed by atoms with van der Waals surface area (Å²) in [4.78, 5) is 40.8. The highest BCUT2D eigenvalue weighted by Gasteiger charge is 2.38. The Morgan fingerprint density at radius 1 is 1.00 bits per heavy atom. The lowest BCUT2D eigenvalue weighted by molar-refractivity contribution is -0.122. The summed E-state index contributed by atoms with van der Waals surface area (Å²) in [5.41, 5.74) is 4.27. The van der Waals surface area contributed by atoms with Crippen LogP contribution in [0.15, 0.2) is 66.7 Å². The normalized spacial score (nSPS) is 14.8. The van der Waals surface area contributed by atoms with E-state index in [1.54, 1.807) is 55.6 Å². The number of ether oxygens (including phenoxy) is 1. The number of methoxy groups -OCH3 is 1. The van der Waals surface area contributed by atoms with Crippen LogP contribution in [0.4, 0.5) is 17.1 Å². The van der Waals surface area contributed by atoms with Crippen LogP contribution in [0.25, 0.3) is 0 Å². The maximum absolute atomic E-state index is 13.5. The molecule has 1 aliphatic rings. The van der Waals surface area contributed by atoms with Gasteiger partial charge >= 0.3 is 0 Å². The highest BCUT2D eigenvalue weighted by molar-refractivity contribution is 6.17. The predicted octanol–water partition coefficient (Wildman–Crippen LogP) is 4.31. The molecule has 0 saturated heterocycles. The van der Waals surface area contributed by atoms with Crippen molar-refractivity contribution in [2.24, 2.45) is 0 Å². The molecule has 2 N–H and O–H groups in total. The SMILES string of the molecule is COc1ccc(C(=O)N2c3ccccc3NC(=O)[C@H]2CC(=O)Nc2ccc(C)c(C)c2)cc1.